The molecule has 1 aliphatic heterocycles. The van der Waals surface area contributed by atoms with Crippen LogP contribution in [0.25, 0.3) is 0 Å². The van der Waals surface area contributed by atoms with E-state index in [0.29, 0.717) is 31.8 Å². The molecule has 0 saturated carbocycles. The molecule has 0 radical (unpaired) electrons. The molecule has 4 rings (SSSR count). The van der Waals surface area contributed by atoms with Gasteiger partial charge in [-0.05, 0) is 49.3 Å². The third-order valence-corrected chi connectivity index (χ3v) is 7.01. The SMILES string of the molecule is CC1NC(=NCCc2ccccc2)C(=O)N(CC(=O)NCC2=CC=C(C(=N)N)CC2)C1Cc1ccccc1. The maximum absolute atomic E-state index is 13.6. The number of nitrogens with zero attached hydrogens (tertiary/aromatic N) is 2. The van der Waals surface area contributed by atoms with Crippen molar-refractivity contribution in [2.24, 2.45) is 10.7 Å². The maximum Gasteiger partial charge on any atom is 0.289 e. The van der Waals surface area contributed by atoms with Gasteiger partial charge in [0.25, 0.3) is 5.91 Å². The summed E-state index contributed by atoms with van der Waals surface area (Å²) in [5.74, 6) is -0.0710. The number of hydrogen-bond acceptors (Lipinski definition) is 4. The van der Waals surface area contributed by atoms with E-state index in [1.54, 1.807) is 4.90 Å². The lowest BCUT2D eigenvalue weighted by molar-refractivity contribution is -0.134. The number of hydrogen-bond donors (Lipinski definition) is 4. The van der Waals surface area contributed by atoms with Crippen molar-refractivity contribution in [3.8, 4) is 0 Å². The van der Waals surface area contributed by atoms with Gasteiger partial charge >= 0.3 is 0 Å². The molecular formula is C30H36N6O2. The Morgan fingerprint density at radius 2 is 1.76 bits per heavy atom. The topological polar surface area (TPSA) is 124 Å². The van der Waals surface area contributed by atoms with Gasteiger partial charge in [0.2, 0.25) is 5.91 Å². The van der Waals surface area contributed by atoms with E-state index in [-0.39, 0.29) is 36.3 Å². The van der Waals surface area contributed by atoms with Gasteiger partial charge in [0.05, 0.1) is 6.04 Å². The minimum Gasteiger partial charge on any atom is -0.384 e. The van der Waals surface area contributed by atoms with Gasteiger partial charge in [-0.3, -0.25) is 20.0 Å². The lowest BCUT2D eigenvalue weighted by Gasteiger charge is -2.41. The van der Waals surface area contributed by atoms with Crippen molar-refractivity contribution in [2.75, 3.05) is 19.6 Å². The average Bonchev–Trinajstić information content (AvgIpc) is 2.93. The second-order valence-electron chi connectivity index (χ2n) is 9.80. The molecule has 0 bridgehead atoms. The van der Waals surface area contributed by atoms with Gasteiger partial charge in [0.15, 0.2) is 5.84 Å². The summed E-state index contributed by atoms with van der Waals surface area (Å²) in [5.41, 5.74) is 9.70. The Morgan fingerprint density at radius 3 is 2.39 bits per heavy atom. The number of allylic oxidation sites excluding steroid dienone is 2. The molecule has 1 heterocycles. The quantitative estimate of drug-likeness (QED) is 0.289. The van der Waals surface area contributed by atoms with Gasteiger partial charge in [-0.1, -0.05) is 78.4 Å². The largest absolute Gasteiger partial charge is 0.384 e. The van der Waals surface area contributed by atoms with Crippen LogP contribution in [-0.4, -0.2) is 60.1 Å². The second-order valence-corrected chi connectivity index (χ2v) is 9.80. The van der Waals surface area contributed by atoms with E-state index in [0.717, 1.165) is 35.1 Å². The zero-order chi connectivity index (χ0) is 26.9. The Bertz CT molecular complexity index is 1240. The molecule has 8 nitrogen and oxygen atoms in total. The fraction of sp³-hybridized carbons (Fsp3) is 0.333. The summed E-state index contributed by atoms with van der Waals surface area (Å²) in [6.07, 6.45) is 6.54. The Morgan fingerprint density at radius 1 is 1.08 bits per heavy atom. The van der Waals surface area contributed by atoms with Crippen LogP contribution in [0.15, 0.2) is 89.0 Å². The summed E-state index contributed by atoms with van der Waals surface area (Å²) < 4.78 is 0. The third-order valence-electron chi connectivity index (χ3n) is 7.01. The van der Waals surface area contributed by atoms with E-state index in [9.17, 15) is 9.59 Å². The van der Waals surface area contributed by atoms with Crippen molar-refractivity contribution in [1.29, 1.82) is 5.41 Å². The molecule has 2 aromatic carbocycles. The van der Waals surface area contributed by atoms with Gasteiger partial charge in [-0.15, -0.1) is 0 Å². The summed E-state index contributed by atoms with van der Waals surface area (Å²) in [5, 5.41) is 13.8. The van der Waals surface area contributed by atoms with Crippen LogP contribution in [0.5, 0.6) is 0 Å². The number of benzene rings is 2. The molecule has 1 saturated heterocycles. The van der Waals surface area contributed by atoms with Crippen molar-refractivity contribution in [3.63, 3.8) is 0 Å². The van der Waals surface area contributed by atoms with Gasteiger partial charge in [0, 0.05) is 19.1 Å². The number of rotatable bonds is 10. The second kappa shape index (κ2) is 12.9. The number of carbonyl (C=O) groups is 2. The molecular weight excluding hydrogens is 476 g/mol. The van der Waals surface area contributed by atoms with E-state index in [2.05, 4.69) is 15.6 Å². The average molecular weight is 513 g/mol. The van der Waals surface area contributed by atoms with E-state index >= 15 is 0 Å². The third kappa shape index (κ3) is 7.18. The first-order valence-corrected chi connectivity index (χ1v) is 13.1. The van der Waals surface area contributed by atoms with Gasteiger partial charge < -0.3 is 21.3 Å². The number of piperazine rings is 1. The highest BCUT2D eigenvalue weighted by Gasteiger charge is 2.38. The van der Waals surface area contributed by atoms with E-state index in [4.69, 9.17) is 11.1 Å². The predicted octanol–water partition coefficient (Wildman–Crippen LogP) is 2.76. The number of amidine groups is 2. The van der Waals surface area contributed by atoms with Crippen LogP contribution in [0, 0.1) is 5.41 Å². The van der Waals surface area contributed by atoms with Crippen LogP contribution in [0.1, 0.15) is 30.9 Å². The molecule has 0 aromatic heterocycles. The molecule has 2 aromatic rings. The number of carbonyl (C=O) groups excluding carboxylic acids is 2. The summed E-state index contributed by atoms with van der Waals surface area (Å²) >= 11 is 0. The highest BCUT2D eigenvalue weighted by molar-refractivity contribution is 6.38. The van der Waals surface area contributed by atoms with Crippen molar-refractivity contribution >= 4 is 23.5 Å². The Kier molecular flexibility index (Phi) is 9.08. The van der Waals surface area contributed by atoms with Crippen molar-refractivity contribution in [1.82, 2.24) is 15.5 Å². The lowest BCUT2D eigenvalue weighted by atomic mass is 9.96. The zero-order valence-electron chi connectivity index (χ0n) is 21.8. The Hall–Kier alpha value is -4.20. The Labute approximate surface area is 224 Å². The summed E-state index contributed by atoms with van der Waals surface area (Å²) in [6.45, 7) is 2.88. The lowest BCUT2D eigenvalue weighted by Crippen LogP contribution is -2.64. The van der Waals surface area contributed by atoms with Gasteiger partial charge in [0.1, 0.15) is 12.4 Å². The monoisotopic (exact) mass is 512 g/mol. The van der Waals surface area contributed by atoms with Crippen LogP contribution >= 0.6 is 0 Å². The van der Waals surface area contributed by atoms with Crippen LogP contribution in [0.3, 0.4) is 0 Å². The van der Waals surface area contributed by atoms with Crippen molar-refractivity contribution < 1.29 is 9.59 Å². The fourth-order valence-electron chi connectivity index (χ4n) is 4.79. The van der Waals surface area contributed by atoms with Crippen molar-refractivity contribution in [3.05, 3.63) is 95.1 Å². The molecule has 2 unspecified atom stereocenters. The van der Waals surface area contributed by atoms with E-state index in [1.165, 1.54) is 0 Å². The van der Waals surface area contributed by atoms with E-state index < -0.39 is 0 Å². The molecule has 2 amide bonds. The molecule has 38 heavy (non-hydrogen) atoms. The molecule has 8 heteroatoms. The molecule has 2 aliphatic rings. The van der Waals surface area contributed by atoms with Crippen LogP contribution in [0.4, 0.5) is 0 Å². The smallest absolute Gasteiger partial charge is 0.289 e. The highest BCUT2D eigenvalue weighted by Crippen LogP contribution is 2.19. The summed E-state index contributed by atoms with van der Waals surface area (Å²) in [6, 6.07) is 19.8. The van der Waals surface area contributed by atoms with Crippen LogP contribution < -0.4 is 16.4 Å². The fourth-order valence-corrected chi connectivity index (χ4v) is 4.79. The number of nitrogens with one attached hydrogen (secondary N) is 3. The van der Waals surface area contributed by atoms with Crippen molar-refractivity contribution in [2.45, 2.75) is 44.7 Å². The summed E-state index contributed by atoms with van der Waals surface area (Å²) in [7, 11) is 0. The minimum absolute atomic E-state index is 0.0398. The first-order chi connectivity index (χ1) is 18.4. The molecule has 0 spiro atoms. The first-order valence-electron chi connectivity index (χ1n) is 13.1. The molecule has 5 N–H and O–H groups in total. The zero-order valence-corrected chi connectivity index (χ0v) is 21.8. The Balaban J connectivity index is 1.44. The normalized spacial score (nSPS) is 20.4. The van der Waals surface area contributed by atoms with E-state index in [1.807, 2.05) is 79.7 Å². The standard InChI is InChI=1S/C30H36N6O2/c1-21-26(18-23-10-6-3-7-11-23)36(20-27(37)34-19-24-12-14-25(15-13-24)28(31)32)30(38)29(35-21)33-17-16-22-8-4-2-5-9-22/h2-12,14,21,26H,13,15-20H2,1H3,(H3,31,32)(H,33,35)(H,34,37). The highest BCUT2D eigenvalue weighted by atomic mass is 16.2. The van der Waals surface area contributed by atoms with Crippen LogP contribution in [-0.2, 0) is 22.4 Å². The molecule has 2 atom stereocenters. The number of amides is 2. The van der Waals surface area contributed by atoms with Gasteiger partial charge in [-0.25, -0.2) is 0 Å². The minimum atomic E-state index is -0.252. The van der Waals surface area contributed by atoms with Gasteiger partial charge in [-0.2, -0.15) is 0 Å². The van der Waals surface area contributed by atoms with Crippen LogP contribution in [0.2, 0.25) is 0 Å². The number of nitrogens with two attached hydrogens (primary N) is 1. The maximum atomic E-state index is 13.6. The molecule has 1 fully saturated rings. The number of aliphatic imine (C=N–C) groups is 1. The molecule has 198 valence electrons. The summed E-state index contributed by atoms with van der Waals surface area (Å²) in [4.78, 5) is 32.8. The molecule has 1 aliphatic carbocycles. The first kappa shape index (κ1) is 26.9. The predicted molar refractivity (Wildman–Crippen MR) is 151 cm³/mol.